The first-order valence-electron chi connectivity index (χ1n) is 10.4. The molecule has 5 heteroatoms. The van der Waals surface area contributed by atoms with E-state index < -0.39 is 6.04 Å². The highest BCUT2D eigenvalue weighted by atomic mass is 32.1. The van der Waals surface area contributed by atoms with Crippen molar-refractivity contribution in [1.82, 2.24) is 10.2 Å². The van der Waals surface area contributed by atoms with Crippen LogP contribution in [-0.4, -0.2) is 29.3 Å². The smallest absolute Gasteiger partial charge is 0.247 e. The summed E-state index contributed by atoms with van der Waals surface area (Å²) in [4.78, 5) is 29.4. The normalized spacial score (nSPS) is 15.3. The van der Waals surface area contributed by atoms with E-state index in [1.165, 1.54) is 0 Å². The van der Waals surface area contributed by atoms with Crippen molar-refractivity contribution >= 4 is 23.2 Å². The zero-order chi connectivity index (χ0) is 19.8. The summed E-state index contributed by atoms with van der Waals surface area (Å²) in [5.41, 5.74) is 0.883. The van der Waals surface area contributed by atoms with Gasteiger partial charge in [0, 0.05) is 17.5 Å². The van der Waals surface area contributed by atoms with Crippen molar-refractivity contribution in [3.8, 4) is 0 Å². The fourth-order valence-corrected chi connectivity index (χ4v) is 4.54. The minimum Gasteiger partial charge on any atom is -0.351 e. The zero-order valence-corrected chi connectivity index (χ0v) is 17.4. The molecule has 1 fully saturated rings. The fraction of sp³-hybridized carbons (Fsp3) is 0.478. The Morgan fingerprint density at radius 3 is 2.54 bits per heavy atom. The van der Waals surface area contributed by atoms with Crippen molar-refractivity contribution < 1.29 is 9.59 Å². The van der Waals surface area contributed by atoms with Crippen molar-refractivity contribution in [2.24, 2.45) is 0 Å². The van der Waals surface area contributed by atoms with Crippen LogP contribution in [0.15, 0.2) is 47.8 Å². The molecule has 0 saturated heterocycles. The molecule has 1 aliphatic carbocycles. The number of benzene rings is 1. The van der Waals surface area contributed by atoms with Crippen molar-refractivity contribution in [3.05, 3.63) is 58.3 Å². The minimum absolute atomic E-state index is 0.0197. The maximum absolute atomic E-state index is 13.3. The van der Waals surface area contributed by atoms with E-state index in [4.69, 9.17) is 0 Å². The molecule has 4 nitrogen and oxygen atoms in total. The topological polar surface area (TPSA) is 49.4 Å². The summed E-state index contributed by atoms with van der Waals surface area (Å²) in [5, 5.41) is 5.20. The number of amides is 2. The predicted octanol–water partition coefficient (Wildman–Crippen LogP) is 4.72. The van der Waals surface area contributed by atoms with Gasteiger partial charge in [-0.25, -0.2) is 0 Å². The second-order valence-corrected chi connectivity index (χ2v) is 8.53. The van der Waals surface area contributed by atoms with Crippen molar-refractivity contribution in [1.29, 1.82) is 0 Å². The van der Waals surface area contributed by atoms with Gasteiger partial charge in [0.25, 0.3) is 0 Å². The lowest BCUT2D eigenvalue weighted by Crippen LogP contribution is -2.46. The third-order valence-corrected chi connectivity index (χ3v) is 6.23. The summed E-state index contributed by atoms with van der Waals surface area (Å²) >= 11 is 1.59. The first-order valence-corrected chi connectivity index (χ1v) is 11.2. The first kappa shape index (κ1) is 20.6. The largest absolute Gasteiger partial charge is 0.351 e. The molecule has 1 atom stereocenters. The van der Waals surface area contributed by atoms with Crippen LogP contribution in [0.4, 0.5) is 0 Å². The van der Waals surface area contributed by atoms with Crippen LogP contribution in [0.3, 0.4) is 0 Å². The molecule has 1 heterocycles. The molecule has 3 rings (SSSR count). The molecule has 1 N–H and O–H groups in total. The molecule has 2 amide bonds. The van der Waals surface area contributed by atoms with E-state index in [0.29, 0.717) is 13.0 Å². The van der Waals surface area contributed by atoms with Gasteiger partial charge in [0.05, 0.1) is 6.42 Å². The predicted molar refractivity (Wildman–Crippen MR) is 114 cm³/mol. The van der Waals surface area contributed by atoms with Crippen molar-refractivity contribution in [3.63, 3.8) is 0 Å². The zero-order valence-electron chi connectivity index (χ0n) is 16.6. The molecular formula is C23H30N2O2S. The molecule has 2 aromatic rings. The average molecular weight is 399 g/mol. The summed E-state index contributed by atoms with van der Waals surface area (Å²) < 4.78 is 0. The van der Waals surface area contributed by atoms with Gasteiger partial charge in [0.15, 0.2) is 0 Å². The third kappa shape index (κ3) is 5.44. The van der Waals surface area contributed by atoms with E-state index in [-0.39, 0.29) is 17.9 Å². The molecule has 1 aromatic heterocycles. The van der Waals surface area contributed by atoms with Gasteiger partial charge in [-0.15, -0.1) is 11.3 Å². The Morgan fingerprint density at radius 2 is 1.89 bits per heavy atom. The standard InChI is InChI=1S/C23H30N2O2S/c1-2-3-15-25(21(26)17-20-14-9-16-28-20)22(18-10-5-4-6-11-18)23(27)24-19-12-7-8-13-19/h4-6,9-11,14,16,19,22H,2-3,7-8,12-13,15,17H2,1H3,(H,24,27)/t22-/m0/s1. The molecule has 1 aliphatic rings. The fourth-order valence-electron chi connectivity index (χ4n) is 3.85. The van der Waals surface area contributed by atoms with Crippen LogP contribution >= 0.6 is 11.3 Å². The van der Waals surface area contributed by atoms with Gasteiger partial charge < -0.3 is 10.2 Å². The lowest BCUT2D eigenvalue weighted by molar-refractivity contribution is -0.140. The molecule has 1 aromatic carbocycles. The second kappa shape index (κ2) is 10.4. The maximum atomic E-state index is 13.3. The minimum atomic E-state index is -0.569. The van der Waals surface area contributed by atoms with Crippen LogP contribution in [0.5, 0.6) is 0 Å². The van der Waals surface area contributed by atoms with Gasteiger partial charge in [-0.2, -0.15) is 0 Å². The summed E-state index contributed by atoms with van der Waals surface area (Å²) in [5.74, 6) is -0.0277. The van der Waals surface area contributed by atoms with E-state index in [0.717, 1.165) is 49.0 Å². The SMILES string of the molecule is CCCCN(C(=O)Cc1cccs1)[C@H](C(=O)NC1CCCC1)c1ccccc1. The van der Waals surface area contributed by atoms with Crippen LogP contribution in [0.2, 0.25) is 0 Å². The number of nitrogens with one attached hydrogen (secondary N) is 1. The highest BCUT2D eigenvalue weighted by molar-refractivity contribution is 7.10. The number of carbonyl (C=O) groups excluding carboxylic acids is 2. The van der Waals surface area contributed by atoms with Crippen LogP contribution in [0.1, 0.15) is 61.9 Å². The average Bonchev–Trinajstić information content (AvgIpc) is 3.40. The number of thiophene rings is 1. The molecule has 150 valence electrons. The second-order valence-electron chi connectivity index (χ2n) is 7.50. The number of rotatable bonds is 9. The Morgan fingerprint density at radius 1 is 1.14 bits per heavy atom. The molecule has 0 aliphatic heterocycles. The Labute approximate surface area is 172 Å². The highest BCUT2D eigenvalue weighted by Crippen LogP contribution is 2.26. The lowest BCUT2D eigenvalue weighted by Gasteiger charge is -2.32. The molecule has 1 saturated carbocycles. The van der Waals surface area contributed by atoms with Gasteiger partial charge in [-0.1, -0.05) is 62.6 Å². The molecular weight excluding hydrogens is 368 g/mol. The van der Waals surface area contributed by atoms with Gasteiger partial charge in [0.1, 0.15) is 6.04 Å². The monoisotopic (exact) mass is 398 g/mol. The maximum Gasteiger partial charge on any atom is 0.247 e. The summed E-state index contributed by atoms with van der Waals surface area (Å²) in [7, 11) is 0. The highest BCUT2D eigenvalue weighted by Gasteiger charge is 2.32. The van der Waals surface area contributed by atoms with Crippen LogP contribution in [0.25, 0.3) is 0 Å². The first-order chi connectivity index (χ1) is 13.7. The number of unbranched alkanes of at least 4 members (excludes halogenated alkanes) is 1. The number of nitrogens with zero attached hydrogens (tertiary/aromatic N) is 1. The summed E-state index contributed by atoms with van der Waals surface area (Å²) in [6.45, 7) is 2.70. The molecule has 0 radical (unpaired) electrons. The van der Waals surface area contributed by atoms with E-state index >= 15 is 0 Å². The third-order valence-electron chi connectivity index (χ3n) is 5.36. The summed E-state index contributed by atoms with van der Waals surface area (Å²) in [6, 6.07) is 13.3. The summed E-state index contributed by atoms with van der Waals surface area (Å²) in [6.07, 6.45) is 6.61. The van der Waals surface area contributed by atoms with Crippen LogP contribution in [-0.2, 0) is 16.0 Å². The quantitative estimate of drug-likeness (QED) is 0.664. The lowest BCUT2D eigenvalue weighted by atomic mass is 10.0. The molecule has 0 spiro atoms. The number of carbonyl (C=O) groups is 2. The Kier molecular flexibility index (Phi) is 7.66. The van der Waals surface area contributed by atoms with E-state index in [9.17, 15) is 9.59 Å². The Bertz CT molecular complexity index is 739. The van der Waals surface area contributed by atoms with Gasteiger partial charge in [-0.3, -0.25) is 9.59 Å². The van der Waals surface area contributed by atoms with Gasteiger partial charge in [-0.05, 0) is 36.3 Å². The van der Waals surface area contributed by atoms with Gasteiger partial charge >= 0.3 is 0 Å². The van der Waals surface area contributed by atoms with E-state index in [2.05, 4.69) is 12.2 Å². The number of hydrogen-bond donors (Lipinski definition) is 1. The molecule has 0 bridgehead atoms. The van der Waals surface area contributed by atoms with Crippen molar-refractivity contribution in [2.45, 2.75) is 64.0 Å². The Balaban J connectivity index is 1.85. The molecule has 0 unspecified atom stereocenters. The van der Waals surface area contributed by atoms with E-state index in [1.807, 2.05) is 47.8 Å². The van der Waals surface area contributed by atoms with E-state index in [1.54, 1.807) is 16.2 Å². The van der Waals surface area contributed by atoms with Gasteiger partial charge in [0.2, 0.25) is 11.8 Å². The van der Waals surface area contributed by atoms with Crippen molar-refractivity contribution in [2.75, 3.05) is 6.54 Å². The molecule has 28 heavy (non-hydrogen) atoms. The van der Waals surface area contributed by atoms with Crippen LogP contribution < -0.4 is 5.32 Å². The van der Waals surface area contributed by atoms with Crippen LogP contribution in [0, 0.1) is 0 Å². The Hall–Kier alpha value is -2.14. The number of hydrogen-bond acceptors (Lipinski definition) is 3.